The van der Waals surface area contributed by atoms with Crippen LogP contribution in [0, 0.1) is 5.92 Å². The van der Waals surface area contributed by atoms with E-state index in [1.807, 2.05) is 20.8 Å². The number of fused-ring (bicyclic) bond motifs is 1. The summed E-state index contributed by atoms with van der Waals surface area (Å²) in [5.74, 6) is -1.10. The van der Waals surface area contributed by atoms with E-state index in [4.69, 9.17) is 9.15 Å². The van der Waals surface area contributed by atoms with Gasteiger partial charge in [-0.3, -0.25) is 4.79 Å². The van der Waals surface area contributed by atoms with Gasteiger partial charge in [0, 0.05) is 17.5 Å². The van der Waals surface area contributed by atoms with Crippen molar-refractivity contribution < 1.29 is 23.8 Å². The van der Waals surface area contributed by atoms with Crippen molar-refractivity contribution in [2.75, 3.05) is 6.61 Å². The van der Waals surface area contributed by atoms with Gasteiger partial charge in [0.25, 0.3) is 5.91 Å². The molecule has 0 unspecified atom stereocenters. The number of benzene rings is 1. The van der Waals surface area contributed by atoms with E-state index in [9.17, 15) is 19.5 Å². The summed E-state index contributed by atoms with van der Waals surface area (Å²) < 4.78 is 10.7. The Hall–Kier alpha value is -2.83. The predicted octanol–water partition coefficient (Wildman–Crippen LogP) is 2.74. The molecule has 2 rings (SSSR count). The monoisotopic (exact) mass is 375 g/mol. The zero-order valence-electron chi connectivity index (χ0n) is 15.8. The van der Waals surface area contributed by atoms with Crippen LogP contribution in [0.2, 0.25) is 0 Å². The Morgan fingerprint density at radius 1 is 1.26 bits per heavy atom. The normalized spacial score (nSPS) is 12.1. The lowest BCUT2D eigenvalue weighted by Gasteiger charge is -2.16. The summed E-state index contributed by atoms with van der Waals surface area (Å²) in [4.78, 5) is 34.9. The molecular weight excluding hydrogens is 350 g/mol. The van der Waals surface area contributed by atoms with E-state index in [1.165, 1.54) is 6.07 Å². The Morgan fingerprint density at radius 3 is 2.63 bits per heavy atom. The molecule has 27 heavy (non-hydrogen) atoms. The third-order valence-electron chi connectivity index (χ3n) is 4.03. The Bertz CT molecular complexity index is 870. The molecule has 0 radical (unpaired) electrons. The first-order valence-electron chi connectivity index (χ1n) is 9.02. The summed E-state index contributed by atoms with van der Waals surface area (Å²) in [5.41, 5.74) is 0.872. The molecule has 2 N–H and O–H groups in total. The highest BCUT2D eigenvalue weighted by atomic mass is 16.5. The number of aliphatic carboxylic acids is 1. The molecule has 1 heterocycles. The highest BCUT2D eigenvalue weighted by Gasteiger charge is 2.21. The number of aryl methyl sites for hydroxylation is 1. The fourth-order valence-electron chi connectivity index (χ4n) is 2.85. The SMILES string of the molecule is CCCc1cc(=O)oc2cc(OCC(=O)N[C@H](CC(C)C)C(=O)O)ccc12. The van der Waals surface area contributed by atoms with Crippen molar-refractivity contribution >= 4 is 22.8 Å². The largest absolute Gasteiger partial charge is 0.484 e. The van der Waals surface area contributed by atoms with Crippen LogP contribution in [0.3, 0.4) is 0 Å². The third-order valence-corrected chi connectivity index (χ3v) is 4.03. The summed E-state index contributed by atoms with van der Waals surface area (Å²) in [7, 11) is 0. The van der Waals surface area contributed by atoms with E-state index in [2.05, 4.69) is 5.32 Å². The van der Waals surface area contributed by atoms with Gasteiger partial charge in [0.1, 0.15) is 17.4 Å². The van der Waals surface area contributed by atoms with Gasteiger partial charge in [-0.1, -0.05) is 27.2 Å². The van der Waals surface area contributed by atoms with E-state index in [1.54, 1.807) is 18.2 Å². The maximum absolute atomic E-state index is 12.0. The molecule has 146 valence electrons. The van der Waals surface area contributed by atoms with Crippen LogP contribution in [0.25, 0.3) is 11.0 Å². The van der Waals surface area contributed by atoms with Crippen LogP contribution >= 0.6 is 0 Å². The van der Waals surface area contributed by atoms with Crippen molar-refractivity contribution in [2.45, 2.75) is 46.1 Å². The van der Waals surface area contributed by atoms with Crippen LogP contribution < -0.4 is 15.7 Å². The van der Waals surface area contributed by atoms with E-state index in [-0.39, 0.29) is 12.5 Å². The Balaban J connectivity index is 2.07. The number of hydrogen-bond acceptors (Lipinski definition) is 5. The molecule has 7 heteroatoms. The van der Waals surface area contributed by atoms with Gasteiger partial charge in [0.15, 0.2) is 6.61 Å². The minimum absolute atomic E-state index is 0.132. The molecular formula is C20H25NO6. The van der Waals surface area contributed by atoms with Gasteiger partial charge in [0.05, 0.1) is 0 Å². The van der Waals surface area contributed by atoms with Gasteiger partial charge in [-0.2, -0.15) is 0 Å². The van der Waals surface area contributed by atoms with Gasteiger partial charge in [-0.05, 0) is 36.5 Å². The molecule has 2 aromatic rings. The number of amides is 1. The maximum atomic E-state index is 12.0. The second-order valence-electron chi connectivity index (χ2n) is 6.88. The van der Waals surface area contributed by atoms with Gasteiger partial charge < -0.3 is 19.6 Å². The molecule has 0 saturated heterocycles. The molecule has 0 aliphatic rings. The van der Waals surface area contributed by atoms with Crippen molar-refractivity contribution in [3.05, 3.63) is 40.2 Å². The number of nitrogens with one attached hydrogen (secondary N) is 1. The Kier molecular flexibility index (Phi) is 6.98. The fourth-order valence-corrected chi connectivity index (χ4v) is 2.85. The van der Waals surface area contributed by atoms with Crippen LogP contribution in [0.5, 0.6) is 5.75 Å². The molecule has 0 fully saturated rings. The first-order chi connectivity index (χ1) is 12.8. The molecule has 1 aromatic carbocycles. The molecule has 1 atom stereocenters. The maximum Gasteiger partial charge on any atom is 0.336 e. The number of carboxylic acids is 1. The van der Waals surface area contributed by atoms with Crippen LogP contribution in [0.15, 0.2) is 33.5 Å². The molecule has 0 aliphatic carbocycles. The number of ether oxygens (including phenoxy) is 1. The smallest absolute Gasteiger partial charge is 0.336 e. The lowest BCUT2D eigenvalue weighted by Crippen LogP contribution is -2.43. The first-order valence-corrected chi connectivity index (χ1v) is 9.02. The molecule has 0 spiro atoms. The lowest BCUT2D eigenvalue weighted by molar-refractivity contribution is -0.142. The highest BCUT2D eigenvalue weighted by molar-refractivity contribution is 5.85. The van der Waals surface area contributed by atoms with Crippen LogP contribution in [0.1, 0.15) is 39.2 Å². The van der Waals surface area contributed by atoms with Crippen molar-refractivity contribution in [1.82, 2.24) is 5.32 Å². The summed E-state index contributed by atoms with van der Waals surface area (Å²) >= 11 is 0. The summed E-state index contributed by atoms with van der Waals surface area (Å²) in [6.07, 6.45) is 2.00. The standard InChI is InChI=1S/C20H25NO6/c1-4-5-13-9-19(23)27-17-10-14(6-7-15(13)17)26-11-18(22)21-16(20(24)25)8-12(2)3/h6-7,9-10,12,16H,4-5,8,11H2,1-3H3,(H,21,22)(H,24,25)/t16-/m1/s1. The fraction of sp³-hybridized carbons (Fsp3) is 0.450. The topological polar surface area (TPSA) is 106 Å². The summed E-state index contributed by atoms with van der Waals surface area (Å²) in [6, 6.07) is 5.58. The zero-order chi connectivity index (χ0) is 20.0. The third kappa shape index (κ3) is 5.84. The second-order valence-corrected chi connectivity index (χ2v) is 6.88. The highest BCUT2D eigenvalue weighted by Crippen LogP contribution is 2.23. The van der Waals surface area contributed by atoms with E-state index < -0.39 is 23.5 Å². The van der Waals surface area contributed by atoms with Crippen molar-refractivity contribution in [3.63, 3.8) is 0 Å². The summed E-state index contributed by atoms with van der Waals surface area (Å²) in [6.45, 7) is 5.47. The number of rotatable bonds is 9. The number of carboxylic acid groups (broad SMARTS) is 1. The van der Waals surface area contributed by atoms with E-state index in [0.29, 0.717) is 17.8 Å². The number of carbonyl (C=O) groups excluding carboxylic acids is 1. The average molecular weight is 375 g/mol. The van der Waals surface area contributed by atoms with Crippen molar-refractivity contribution in [2.24, 2.45) is 5.92 Å². The van der Waals surface area contributed by atoms with Gasteiger partial charge in [0.2, 0.25) is 0 Å². The Morgan fingerprint density at radius 2 is 2.00 bits per heavy atom. The average Bonchev–Trinajstić information content (AvgIpc) is 2.58. The molecule has 7 nitrogen and oxygen atoms in total. The predicted molar refractivity (Wildman–Crippen MR) is 101 cm³/mol. The Labute approximate surface area is 157 Å². The van der Waals surface area contributed by atoms with Crippen LogP contribution in [-0.2, 0) is 16.0 Å². The van der Waals surface area contributed by atoms with Crippen molar-refractivity contribution in [1.29, 1.82) is 0 Å². The summed E-state index contributed by atoms with van der Waals surface area (Å²) in [5, 5.41) is 12.5. The van der Waals surface area contributed by atoms with Crippen molar-refractivity contribution in [3.8, 4) is 5.75 Å². The van der Waals surface area contributed by atoms with Crippen LogP contribution in [-0.4, -0.2) is 29.6 Å². The van der Waals surface area contributed by atoms with Crippen LogP contribution in [0.4, 0.5) is 0 Å². The number of hydrogen-bond donors (Lipinski definition) is 2. The molecule has 1 amide bonds. The molecule has 0 bridgehead atoms. The molecule has 0 saturated carbocycles. The zero-order valence-corrected chi connectivity index (χ0v) is 15.8. The lowest BCUT2D eigenvalue weighted by atomic mass is 10.0. The second kappa shape index (κ2) is 9.21. The quantitative estimate of drug-likeness (QED) is 0.653. The van der Waals surface area contributed by atoms with Gasteiger partial charge in [-0.25, -0.2) is 9.59 Å². The van der Waals surface area contributed by atoms with E-state index in [0.717, 1.165) is 23.8 Å². The molecule has 0 aliphatic heterocycles. The van der Waals surface area contributed by atoms with E-state index >= 15 is 0 Å². The number of carbonyl (C=O) groups is 2. The first kappa shape index (κ1) is 20.5. The molecule has 1 aromatic heterocycles. The van der Waals surface area contributed by atoms with Gasteiger partial charge in [-0.15, -0.1) is 0 Å². The van der Waals surface area contributed by atoms with Gasteiger partial charge >= 0.3 is 11.6 Å². The minimum atomic E-state index is -1.08. The minimum Gasteiger partial charge on any atom is -0.484 e.